The highest BCUT2D eigenvalue weighted by Crippen LogP contribution is 2.05. The zero-order valence-electron chi connectivity index (χ0n) is 12.6. The Kier molecular flexibility index (Phi) is 4.09. The molecule has 0 atom stereocenters. The molecule has 0 spiro atoms. The van der Waals surface area contributed by atoms with Crippen LogP contribution in [0.25, 0.3) is 10.9 Å². The number of nitrogens with zero attached hydrogens (tertiary/aromatic N) is 4. The summed E-state index contributed by atoms with van der Waals surface area (Å²) in [5, 5.41) is 11.0. The topological polar surface area (TPSA) is 89.8 Å². The average Bonchev–Trinajstić information content (AvgIpc) is 2.54. The summed E-state index contributed by atoms with van der Waals surface area (Å²) in [5.41, 5.74) is 1.11. The van der Waals surface area contributed by atoms with Crippen LogP contribution in [0.3, 0.4) is 0 Å². The molecule has 0 radical (unpaired) electrons. The molecule has 2 heterocycles. The van der Waals surface area contributed by atoms with Crippen LogP contribution in [0, 0.1) is 6.92 Å². The van der Waals surface area contributed by atoms with Crippen molar-refractivity contribution in [1.29, 1.82) is 0 Å². The van der Waals surface area contributed by atoms with Crippen molar-refractivity contribution in [3.8, 4) is 0 Å². The first-order valence-corrected chi connectivity index (χ1v) is 7.19. The van der Waals surface area contributed by atoms with Gasteiger partial charge in [-0.25, -0.2) is 9.67 Å². The zero-order valence-corrected chi connectivity index (χ0v) is 12.6. The number of pyridine rings is 1. The van der Waals surface area contributed by atoms with Crippen molar-refractivity contribution >= 4 is 22.6 Å². The molecule has 0 saturated carbocycles. The van der Waals surface area contributed by atoms with Crippen LogP contribution in [-0.4, -0.2) is 25.9 Å². The fourth-order valence-corrected chi connectivity index (χ4v) is 2.20. The van der Waals surface area contributed by atoms with Gasteiger partial charge in [-0.2, -0.15) is 0 Å². The van der Waals surface area contributed by atoms with Gasteiger partial charge in [0.25, 0.3) is 5.56 Å². The number of aromatic nitrogens is 4. The molecule has 1 aromatic carbocycles. The second-order valence-corrected chi connectivity index (χ2v) is 5.10. The van der Waals surface area contributed by atoms with Crippen LogP contribution in [0.1, 0.15) is 12.1 Å². The van der Waals surface area contributed by atoms with Gasteiger partial charge in [-0.1, -0.05) is 23.4 Å². The molecule has 0 unspecified atom stereocenters. The highest BCUT2D eigenvalue weighted by atomic mass is 16.2. The van der Waals surface area contributed by atoms with Gasteiger partial charge >= 0.3 is 0 Å². The third kappa shape index (κ3) is 3.39. The Morgan fingerprint density at radius 2 is 2.00 bits per heavy atom. The smallest absolute Gasteiger partial charge is 0.277 e. The van der Waals surface area contributed by atoms with Crippen LogP contribution in [0.2, 0.25) is 0 Å². The number of anilines is 1. The molecule has 0 aliphatic heterocycles. The molecule has 23 heavy (non-hydrogen) atoms. The maximum absolute atomic E-state index is 12.3. The van der Waals surface area contributed by atoms with Crippen molar-refractivity contribution in [3.63, 3.8) is 0 Å². The quantitative estimate of drug-likeness (QED) is 0.789. The van der Waals surface area contributed by atoms with E-state index in [0.29, 0.717) is 16.7 Å². The van der Waals surface area contributed by atoms with Crippen molar-refractivity contribution < 1.29 is 4.79 Å². The van der Waals surface area contributed by atoms with Crippen LogP contribution >= 0.6 is 0 Å². The first kappa shape index (κ1) is 14.8. The van der Waals surface area contributed by atoms with Gasteiger partial charge in [0.05, 0.1) is 11.9 Å². The van der Waals surface area contributed by atoms with Crippen molar-refractivity contribution in [1.82, 2.24) is 20.0 Å². The number of fused-ring (bicyclic) bond motifs is 1. The fraction of sp³-hybridized carbons (Fsp3) is 0.188. The Morgan fingerprint density at radius 1 is 1.17 bits per heavy atom. The number of hydrogen-bond acceptors (Lipinski definition) is 5. The minimum absolute atomic E-state index is 0.114. The third-order valence-electron chi connectivity index (χ3n) is 3.34. The van der Waals surface area contributed by atoms with Crippen molar-refractivity contribution in [2.24, 2.45) is 0 Å². The van der Waals surface area contributed by atoms with Gasteiger partial charge in [0.15, 0.2) is 0 Å². The first-order valence-electron chi connectivity index (χ1n) is 7.19. The van der Waals surface area contributed by atoms with E-state index in [9.17, 15) is 9.59 Å². The monoisotopic (exact) mass is 309 g/mol. The molecule has 0 aliphatic rings. The number of hydrogen-bond donors (Lipinski definition) is 1. The molecule has 7 heteroatoms. The zero-order chi connectivity index (χ0) is 16.2. The summed E-state index contributed by atoms with van der Waals surface area (Å²) in [4.78, 5) is 28.4. The second kappa shape index (κ2) is 6.35. The van der Waals surface area contributed by atoms with E-state index in [2.05, 4.69) is 20.6 Å². The van der Waals surface area contributed by atoms with E-state index < -0.39 is 0 Å². The number of rotatable bonds is 4. The lowest BCUT2D eigenvalue weighted by molar-refractivity contribution is -0.116. The van der Waals surface area contributed by atoms with Crippen LogP contribution in [0.15, 0.2) is 47.3 Å². The molecule has 3 aromatic rings. The Labute approximate surface area is 132 Å². The number of amides is 1. The Hall–Kier alpha value is -3.09. The molecule has 7 nitrogen and oxygen atoms in total. The van der Waals surface area contributed by atoms with Gasteiger partial charge < -0.3 is 5.32 Å². The van der Waals surface area contributed by atoms with E-state index in [0.717, 1.165) is 5.69 Å². The fourth-order valence-electron chi connectivity index (χ4n) is 2.20. The van der Waals surface area contributed by atoms with Crippen LogP contribution in [0.4, 0.5) is 5.82 Å². The number of carbonyl (C=O) groups excluding carboxylic acids is 1. The number of aryl methyl sites for hydroxylation is 2. The summed E-state index contributed by atoms with van der Waals surface area (Å²) in [6.07, 6.45) is 0.114. The summed E-state index contributed by atoms with van der Waals surface area (Å²) >= 11 is 0. The van der Waals surface area contributed by atoms with Crippen molar-refractivity contribution in [2.45, 2.75) is 19.9 Å². The average molecular weight is 309 g/mol. The maximum atomic E-state index is 12.3. The first-order chi connectivity index (χ1) is 11.1. The molecule has 3 rings (SSSR count). The normalized spacial score (nSPS) is 10.7. The van der Waals surface area contributed by atoms with E-state index in [-0.39, 0.29) is 24.4 Å². The van der Waals surface area contributed by atoms with Gasteiger partial charge in [-0.15, -0.1) is 5.10 Å². The predicted octanol–water partition coefficient (Wildman–Crippen LogP) is 1.52. The second-order valence-electron chi connectivity index (χ2n) is 5.10. The molecular weight excluding hydrogens is 294 g/mol. The van der Waals surface area contributed by atoms with Gasteiger partial charge in [0, 0.05) is 12.1 Å². The standard InChI is InChI=1S/C16H15N5O2/c1-11-5-4-8-14(17-11)18-15(22)9-10-21-16(23)12-6-2-3-7-13(12)19-20-21/h2-8H,9-10H2,1H3,(H,17,18,22). The molecule has 1 amide bonds. The molecule has 116 valence electrons. The van der Waals surface area contributed by atoms with Gasteiger partial charge in [-0.05, 0) is 31.2 Å². The third-order valence-corrected chi connectivity index (χ3v) is 3.34. The Morgan fingerprint density at radius 3 is 2.83 bits per heavy atom. The van der Waals surface area contributed by atoms with Crippen LogP contribution < -0.4 is 10.9 Å². The highest BCUT2D eigenvalue weighted by molar-refractivity contribution is 5.89. The van der Waals surface area contributed by atoms with Crippen molar-refractivity contribution in [2.75, 3.05) is 5.32 Å². The summed E-state index contributed by atoms with van der Waals surface area (Å²) in [5.74, 6) is 0.261. The van der Waals surface area contributed by atoms with E-state index in [1.54, 1.807) is 30.3 Å². The molecule has 0 aliphatic carbocycles. The molecule has 0 bridgehead atoms. The minimum Gasteiger partial charge on any atom is -0.311 e. The lowest BCUT2D eigenvalue weighted by Crippen LogP contribution is -2.26. The summed E-state index contributed by atoms with van der Waals surface area (Å²) < 4.78 is 1.20. The van der Waals surface area contributed by atoms with Gasteiger partial charge in [0.1, 0.15) is 11.3 Å². The summed E-state index contributed by atoms with van der Waals surface area (Å²) in [6, 6.07) is 12.4. The molecular formula is C16H15N5O2. The number of benzene rings is 1. The van der Waals surface area contributed by atoms with Gasteiger partial charge in [-0.3, -0.25) is 9.59 Å². The molecule has 0 saturated heterocycles. The van der Waals surface area contributed by atoms with E-state index in [1.807, 2.05) is 19.1 Å². The van der Waals surface area contributed by atoms with Crippen LogP contribution in [0.5, 0.6) is 0 Å². The summed E-state index contributed by atoms with van der Waals surface area (Å²) in [7, 11) is 0. The van der Waals surface area contributed by atoms with E-state index >= 15 is 0 Å². The van der Waals surface area contributed by atoms with Crippen LogP contribution in [-0.2, 0) is 11.3 Å². The number of carbonyl (C=O) groups is 1. The SMILES string of the molecule is Cc1cccc(NC(=O)CCn2nnc3ccccc3c2=O)n1. The lowest BCUT2D eigenvalue weighted by atomic mass is 10.2. The predicted molar refractivity (Wildman–Crippen MR) is 86.0 cm³/mol. The molecule has 2 aromatic heterocycles. The largest absolute Gasteiger partial charge is 0.311 e. The maximum Gasteiger partial charge on any atom is 0.277 e. The Balaban J connectivity index is 1.70. The lowest BCUT2D eigenvalue weighted by Gasteiger charge is -2.06. The molecule has 1 N–H and O–H groups in total. The summed E-state index contributed by atoms with van der Waals surface area (Å²) in [6.45, 7) is 2.01. The Bertz CT molecular complexity index is 919. The van der Waals surface area contributed by atoms with E-state index in [4.69, 9.17) is 0 Å². The number of nitrogens with one attached hydrogen (secondary N) is 1. The van der Waals surface area contributed by atoms with Crippen molar-refractivity contribution in [3.05, 3.63) is 58.5 Å². The minimum atomic E-state index is -0.253. The molecule has 0 fully saturated rings. The van der Waals surface area contributed by atoms with E-state index in [1.165, 1.54) is 4.68 Å². The van der Waals surface area contributed by atoms with Gasteiger partial charge in [0.2, 0.25) is 5.91 Å². The highest BCUT2D eigenvalue weighted by Gasteiger charge is 2.08.